The molecule has 5 nitrogen and oxygen atoms in total. The molecule has 1 unspecified atom stereocenters. The van der Waals surface area contributed by atoms with Crippen molar-refractivity contribution in [1.29, 1.82) is 0 Å². The van der Waals surface area contributed by atoms with E-state index in [0.29, 0.717) is 18.0 Å². The van der Waals surface area contributed by atoms with E-state index in [1.165, 1.54) is 32.2 Å². The molecule has 2 rings (SSSR count). The first-order valence-corrected chi connectivity index (χ1v) is 6.89. The highest BCUT2D eigenvalue weighted by atomic mass is 16.4. The van der Waals surface area contributed by atoms with E-state index in [0.717, 1.165) is 13.1 Å². The molecule has 106 valence electrons. The van der Waals surface area contributed by atoms with Crippen molar-refractivity contribution in [2.45, 2.75) is 26.3 Å². The van der Waals surface area contributed by atoms with Crippen molar-refractivity contribution in [3.05, 3.63) is 23.7 Å². The highest BCUT2D eigenvalue weighted by Crippen LogP contribution is 2.11. The van der Waals surface area contributed by atoms with Gasteiger partial charge in [0, 0.05) is 18.7 Å². The van der Waals surface area contributed by atoms with Gasteiger partial charge in [-0.2, -0.15) is 0 Å². The van der Waals surface area contributed by atoms with Gasteiger partial charge < -0.3 is 19.7 Å². The molecule has 0 saturated carbocycles. The van der Waals surface area contributed by atoms with Gasteiger partial charge in [-0.05, 0) is 44.5 Å². The smallest absolute Gasteiger partial charge is 0.372 e. The minimum atomic E-state index is -1.01. The fourth-order valence-electron chi connectivity index (χ4n) is 2.59. The Hall–Kier alpha value is -1.33. The summed E-state index contributed by atoms with van der Waals surface area (Å²) < 4.78 is 4.94. The van der Waals surface area contributed by atoms with E-state index in [9.17, 15) is 4.79 Å². The van der Waals surface area contributed by atoms with Crippen LogP contribution in [-0.2, 0) is 6.54 Å². The quantitative estimate of drug-likeness (QED) is 0.788. The second kappa shape index (κ2) is 6.73. The molecule has 1 aromatic heterocycles. The summed E-state index contributed by atoms with van der Waals surface area (Å²) in [6, 6.07) is 1.71. The van der Waals surface area contributed by atoms with Crippen LogP contribution in [0, 0.1) is 5.92 Å². The summed E-state index contributed by atoms with van der Waals surface area (Å²) in [4.78, 5) is 13.4. The number of hydrogen-bond donors (Lipinski definition) is 2. The highest BCUT2D eigenvalue weighted by molar-refractivity contribution is 5.86. The molecule has 0 bridgehead atoms. The van der Waals surface area contributed by atoms with Crippen molar-refractivity contribution in [2.24, 2.45) is 5.92 Å². The summed E-state index contributed by atoms with van der Waals surface area (Å²) in [5, 5.41) is 12.2. The minimum Gasteiger partial charge on any atom is -0.475 e. The van der Waals surface area contributed by atoms with Crippen LogP contribution in [0.2, 0.25) is 0 Å². The Balaban J connectivity index is 1.70. The van der Waals surface area contributed by atoms with Crippen molar-refractivity contribution in [2.75, 3.05) is 26.2 Å². The predicted octanol–water partition coefficient (Wildman–Crippen LogP) is 1.80. The number of carboxylic acids is 1. The van der Waals surface area contributed by atoms with Crippen LogP contribution in [0.3, 0.4) is 0 Å². The van der Waals surface area contributed by atoms with Crippen molar-refractivity contribution in [3.8, 4) is 0 Å². The SMILES string of the molecule is CC(CNCc1ccoc1C(=O)O)CN1CCCC1. The van der Waals surface area contributed by atoms with Crippen LogP contribution in [0.5, 0.6) is 0 Å². The largest absolute Gasteiger partial charge is 0.475 e. The Labute approximate surface area is 113 Å². The third-order valence-corrected chi connectivity index (χ3v) is 3.52. The number of nitrogens with one attached hydrogen (secondary N) is 1. The van der Waals surface area contributed by atoms with Gasteiger partial charge in [0.25, 0.3) is 0 Å². The molecule has 0 amide bonds. The summed E-state index contributed by atoms with van der Waals surface area (Å²) in [6.45, 7) is 7.21. The average molecular weight is 266 g/mol. The molecule has 1 fully saturated rings. The summed E-state index contributed by atoms with van der Waals surface area (Å²) in [7, 11) is 0. The second-order valence-electron chi connectivity index (χ2n) is 5.32. The van der Waals surface area contributed by atoms with E-state index in [1.54, 1.807) is 6.07 Å². The maximum Gasteiger partial charge on any atom is 0.372 e. The van der Waals surface area contributed by atoms with E-state index >= 15 is 0 Å². The lowest BCUT2D eigenvalue weighted by Crippen LogP contribution is -2.31. The Bertz CT molecular complexity index is 411. The third-order valence-electron chi connectivity index (χ3n) is 3.52. The Morgan fingerprint density at radius 3 is 2.95 bits per heavy atom. The topological polar surface area (TPSA) is 65.7 Å². The number of rotatable bonds is 7. The maximum atomic E-state index is 10.9. The zero-order chi connectivity index (χ0) is 13.7. The summed E-state index contributed by atoms with van der Waals surface area (Å²) in [5.74, 6) is -0.398. The zero-order valence-electron chi connectivity index (χ0n) is 11.4. The molecule has 0 spiro atoms. The van der Waals surface area contributed by atoms with Gasteiger partial charge in [0.2, 0.25) is 5.76 Å². The van der Waals surface area contributed by atoms with Crippen LogP contribution in [0.1, 0.15) is 35.9 Å². The lowest BCUT2D eigenvalue weighted by molar-refractivity contribution is 0.0660. The molecule has 2 heterocycles. The first kappa shape index (κ1) is 14.1. The van der Waals surface area contributed by atoms with Gasteiger partial charge in [0.05, 0.1) is 6.26 Å². The Kier molecular flexibility index (Phi) is 4.99. The molecular formula is C14H22N2O3. The number of aromatic carboxylic acids is 1. The van der Waals surface area contributed by atoms with Crippen molar-refractivity contribution in [1.82, 2.24) is 10.2 Å². The maximum absolute atomic E-state index is 10.9. The zero-order valence-corrected chi connectivity index (χ0v) is 11.4. The first-order chi connectivity index (χ1) is 9.16. The summed E-state index contributed by atoms with van der Waals surface area (Å²) in [5.41, 5.74) is 0.709. The monoisotopic (exact) mass is 266 g/mol. The molecule has 5 heteroatoms. The molecular weight excluding hydrogens is 244 g/mol. The van der Waals surface area contributed by atoms with Gasteiger partial charge in [-0.1, -0.05) is 6.92 Å². The Morgan fingerprint density at radius 1 is 1.53 bits per heavy atom. The normalized spacial score (nSPS) is 17.7. The number of carboxylic acid groups (broad SMARTS) is 1. The molecule has 1 aliphatic heterocycles. The molecule has 0 aromatic carbocycles. The van der Waals surface area contributed by atoms with E-state index < -0.39 is 5.97 Å². The first-order valence-electron chi connectivity index (χ1n) is 6.89. The molecule has 1 atom stereocenters. The second-order valence-corrected chi connectivity index (χ2v) is 5.32. The van der Waals surface area contributed by atoms with Crippen molar-refractivity contribution < 1.29 is 14.3 Å². The van der Waals surface area contributed by atoms with Crippen LogP contribution < -0.4 is 5.32 Å². The number of likely N-dealkylation sites (tertiary alicyclic amines) is 1. The molecule has 19 heavy (non-hydrogen) atoms. The van der Waals surface area contributed by atoms with Gasteiger partial charge in [0.1, 0.15) is 0 Å². The number of carbonyl (C=O) groups is 1. The van der Waals surface area contributed by atoms with Gasteiger partial charge in [-0.15, -0.1) is 0 Å². The summed E-state index contributed by atoms with van der Waals surface area (Å²) >= 11 is 0. The molecule has 1 aliphatic rings. The summed E-state index contributed by atoms with van der Waals surface area (Å²) in [6.07, 6.45) is 4.06. The molecule has 0 aliphatic carbocycles. The van der Waals surface area contributed by atoms with E-state index in [2.05, 4.69) is 17.1 Å². The third kappa shape index (κ3) is 4.08. The van der Waals surface area contributed by atoms with Crippen molar-refractivity contribution >= 4 is 5.97 Å². The highest BCUT2D eigenvalue weighted by Gasteiger charge is 2.16. The fourth-order valence-corrected chi connectivity index (χ4v) is 2.59. The average Bonchev–Trinajstić information content (AvgIpc) is 2.99. The lowest BCUT2D eigenvalue weighted by atomic mass is 10.1. The van der Waals surface area contributed by atoms with E-state index in [-0.39, 0.29) is 5.76 Å². The minimum absolute atomic E-state index is 0.0414. The molecule has 0 radical (unpaired) electrons. The molecule has 1 saturated heterocycles. The van der Waals surface area contributed by atoms with Gasteiger partial charge >= 0.3 is 5.97 Å². The van der Waals surface area contributed by atoms with Crippen LogP contribution in [0.4, 0.5) is 0 Å². The van der Waals surface area contributed by atoms with Gasteiger partial charge in [0.15, 0.2) is 0 Å². The Morgan fingerprint density at radius 2 is 2.26 bits per heavy atom. The van der Waals surface area contributed by atoms with E-state index in [1.807, 2.05) is 0 Å². The number of nitrogens with zero attached hydrogens (tertiary/aromatic N) is 1. The van der Waals surface area contributed by atoms with Crippen LogP contribution in [0.15, 0.2) is 16.7 Å². The molecule has 2 N–H and O–H groups in total. The van der Waals surface area contributed by atoms with Crippen molar-refractivity contribution in [3.63, 3.8) is 0 Å². The number of hydrogen-bond acceptors (Lipinski definition) is 4. The lowest BCUT2D eigenvalue weighted by Gasteiger charge is -2.20. The molecule has 1 aromatic rings. The van der Waals surface area contributed by atoms with Gasteiger partial charge in [-0.25, -0.2) is 4.79 Å². The van der Waals surface area contributed by atoms with Crippen LogP contribution >= 0.6 is 0 Å². The standard InChI is InChI=1S/C14H22N2O3/c1-11(10-16-5-2-3-6-16)8-15-9-12-4-7-19-13(12)14(17)18/h4,7,11,15H,2-3,5-6,8-10H2,1H3,(H,17,18). The fraction of sp³-hybridized carbons (Fsp3) is 0.643. The number of furan rings is 1. The van der Waals surface area contributed by atoms with Crippen LogP contribution in [0.25, 0.3) is 0 Å². The predicted molar refractivity (Wildman–Crippen MR) is 72.2 cm³/mol. The van der Waals surface area contributed by atoms with E-state index in [4.69, 9.17) is 9.52 Å². The van der Waals surface area contributed by atoms with Crippen LogP contribution in [-0.4, -0.2) is 42.2 Å². The van der Waals surface area contributed by atoms with Gasteiger partial charge in [-0.3, -0.25) is 0 Å².